The van der Waals surface area contributed by atoms with E-state index in [9.17, 15) is 9.90 Å². The van der Waals surface area contributed by atoms with Gasteiger partial charge in [-0.05, 0) is 31.5 Å². The van der Waals surface area contributed by atoms with Crippen molar-refractivity contribution < 1.29 is 9.84 Å². The second kappa shape index (κ2) is 5.88. The molecule has 5 nitrogen and oxygen atoms in total. The van der Waals surface area contributed by atoms with E-state index in [-0.39, 0.29) is 12.1 Å². The molecule has 1 N–H and O–H groups in total. The molecule has 5 heteroatoms. The highest BCUT2D eigenvalue weighted by molar-refractivity contribution is 5.28. The molecule has 106 valence electrons. The van der Waals surface area contributed by atoms with Crippen LogP contribution in [0.4, 0.5) is 0 Å². The van der Waals surface area contributed by atoms with Gasteiger partial charge in [0.15, 0.2) is 0 Å². The van der Waals surface area contributed by atoms with Gasteiger partial charge in [-0.15, -0.1) is 0 Å². The molecule has 2 aromatic rings. The molecule has 0 spiro atoms. The molecule has 0 amide bonds. The van der Waals surface area contributed by atoms with Crippen LogP contribution in [0.2, 0.25) is 0 Å². The van der Waals surface area contributed by atoms with Crippen molar-refractivity contribution >= 4 is 0 Å². The number of rotatable bonds is 4. The van der Waals surface area contributed by atoms with Gasteiger partial charge < -0.3 is 9.84 Å². The van der Waals surface area contributed by atoms with Crippen molar-refractivity contribution in [3.8, 4) is 5.75 Å². The summed E-state index contributed by atoms with van der Waals surface area (Å²) in [6, 6.07) is 8.59. The number of aromatic nitrogens is 2. The molecule has 1 aromatic heterocycles. The lowest BCUT2D eigenvalue weighted by Crippen LogP contribution is -2.26. The zero-order chi connectivity index (χ0) is 14.7. The first kappa shape index (κ1) is 14.3. The van der Waals surface area contributed by atoms with Crippen LogP contribution in [0.25, 0.3) is 0 Å². The molecule has 0 saturated carbocycles. The fourth-order valence-corrected chi connectivity index (χ4v) is 2.09. The first-order valence-corrected chi connectivity index (χ1v) is 6.38. The zero-order valence-electron chi connectivity index (χ0n) is 11.8. The number of aliphatic hydroxyl groups is 1. The van der Waals surface area contributed by atoms with Gasteiger partial charge in [0.1, 0.15) is 11.6 Å². The second-order valence-corrected chi connectivity index (χ2v) is 4.68. The summed E-state index contributed by atoms with van der Waals surface area (Å²) in [5.41, 5.74) is 1.27. The van der Waals surface area contributed by atoms with Gasteiger partial charge in [-0.2, -0.15) is 0 Å². The van der Waals surface area contributed by atoms with Crippen LogP contribution < -0.4 is 10.3 Å². The third-order valence-electron chi connectivity index (χ3n) is 3.18. The van der Waals surface area contributed by atoms with Crippen molar-refractivity contribution in [2.45, 2.75) is 26.5 Å². The number of nitrogens with zero attached hydrogens (tertiary/aromatic N) is 2. The minimum atomic E-state index is -0.762. The summed E-state index contributed by atoms with van der Waals surface area (Å²) >= 11 is 0. The Morgan fingerprint density at radius 3 is 2.50 bits per heavy atom. The Kier molecular flexibility index (Phi) is 4.20. The summed E-state index contributed by atoms with van der Waals surface area (Å²) in [6.07, 6.45) is -0.762. The number of ether oxygens (including phenoxy) is 1. The van der Waals surface area contributed by atoms with E-state index in [2.05, 4.69) is 4.98 Å². The van der Waals surface area contributed by atoms with Crippen LogP contribution in [0, 0.1) is 13.8 Å². The molecule has 0 aliphatic rings. The molecule has 0 bridgehead atoms. The van der Waals surface area contributed by atoms with Gasteiger partial charge in [-0.3, -0.25) is 9.36 Å². The van der Waals surface area contributed by atoms with E-state index in [0.29, 0.717) is 11.5 Å². The molecule has 1 atom stereocenters. The fourth-order valence-electron chi connectivity index (χ4n) is 2.09. The lowest BCUT2D eigenvalue weighted by atomic mass is 10.1. The highest BCUT2D eigenvalue weighted by atomic mass is 16.5. The highest BCUT2D eigenvalue weighted by Crippen LogP contribution is 2.18. The summed E-state index contributed by atoms with van der Waals surface area (Å²) in [5.74, 6) is 1.33. The fraction of sp³-hybridized carbons (Fsp3) is 0.333. The number of aliphatic hydroxyl groups excluding tert-OH is 1. The van der Waals surface area contributed by atoms with Crippen LogP contribution in [0.15, 0.2) is 35.1 Å². The Balaban J connectivity index is 2.23. The number of aryl methyl sites for hydroxylation is 2. The number of hydrogen-bond acceptors (Lipinski definition) is 4. The number of methoxy groups -OCH3 is 1. The average molecular weight is 274 g/mol. The number of benzene rings is 1. The molecule has 0 aliphatic carbocycles. The third kappa shape index (κ3) is 3.05. The van der Waals surface area contributed by atoms with Crippen LogP contribution >= 0.6 is 0 Å². The van der Waals surface area contributed by atoms with Crippen LogP contribution in [-0.4, -0.2) is 21.8 Å². The predicted molar refractivity (Wildman–Crippen MR) is 75.9 cm³/mol. The van der Waals surface area contributed by atoms with Gasteiger partial charge in [0, 0.05) is 11.8 Å². The van der Waals surface area contributed by atoms with Crippen molar-refractivity contribution in [2.24, 2.45) is 0 Å². The average Bonchev–Trinajstić information content (AvgIpc) is 2.42. The Hall–Kier alpha value is -2.14. The Bertz CT molecular complexity index is 647. The van der Waals surface area contributed by atoms with Gasteiger partial charge in [-0.25, -0.2) is 4.98 Å². The summed E-state index contributed by atoms with van der Waals surface area (Å²) in [4.78, 5) is 16.2. The first-order chi connectivity index (χ1) is 9.51. The van der Waals surface area contributed by atoms with E-state index in [0.717, 1.165) is 11.3 Å². The van der Waals surface area contributed by atoms with Crippen LogP contribution in [0.3, 0.4) is 0 Å². The van der Waals surface area contributed by atoms with Crippen molar-refractivity contribution in [2.75, 3.05) is 7.11 Å². The molecule has 2 rings (SSSR count). The summed E-state index contributed by atoms with van der Waals surface area (Å²) < 4.78 is 6.55. The second-order valence-electron chi connectivity index (χ2n) is 4.68. The van der Waals surface area contributed by atoms with Crippen molar-refractivity contribution in [3.05, 3.63) is 57.8 Å². The SMILES string of the molecule is COc1ccc(C(O)Cn2c(C)nc(C)cc2=O)cc1. The number of hydrogen-bond donors (Lipinski definition) is 1. The molecule has 0 fully saturated rings. The first-order valence-electron chi connectivity index (χ1n) is 6.38. The molecule has 0 saturated heterocycles. The summed E-state index contributed by atoms with van der Waals surface area (Å²) in [6.45, 7) is 3.72. The summed E-state index contributed by atoms with van der Waals surface area (Å²) in [5, 5.41) is 10.2. The van der Waals surface area contributed by atoms with Crippen LogP contribution in [0.1, 0.15) is 23.2 Å². The van der Waals surface area contributed by atoms with Crippen molar-refractivity contribution in [3.63, 3.8) is 0 Å². The van der Waals surface area contributed by atoms with Gasteiger partial charge in [-0.1, -0.05) is 12.1 Å². The lowest BCUT2D eigenvalue weighted by molar-refractivity contribution is 0.153. The standard InChI is InChI=1S/C15H18N2O3/c1-10-8-15(19)17(11(2)16-10)9-14(18)12-4-6-13(20-3)7-5-12/h4-8,14,18H,9H2,1-3H3. The highest BCUT2D eigenvalue weighted by Gasteiger charge is 2.12. The molecule has 1 aromatic carbocycles. The topological polar surface area (TPSA) is 64.3 Å². The van der Waals surface area contributed by atoms with E-state index in [1.807, 2.05) is 0 Å². The molecule has 0 aliphatic heterocycles. The van der Waals surface area contributed by atoms with Gasteiger partial charge in [0.05, 0.1) is 19.8 Å². The van der Waals surface area contributed by atoms with Crippen molar-refractivity contribution in [1.82, 2.24) is 9.55 Å². The largest absolute Gasteiger partial charge is 0.497 e. The smallest absolute Gasteiger partial charge is 0.253 e. The van der Waals surface area contributed by atoms with E-state index in [1.165, 1.54) is 10.6 Å². The van der Waals surface area contributed by atoms with E-state index < -0.39 is 6.10 Å². The maximum Gasteiger partial charge on any atom is 0.253 e. The van der Waals surface area contributed by atoms with E-state index in [1.54, 1.807) is 45.2 Å². The molecule has 1 heterocycles. The maximum atomic E-state index is 11.9. The lowest BCUT2D eigenvalue weighted by Gasteiger charge is -2.15. The quantitative estimate of drug-likeness (QED) is 0.919. The molecule has 20 heavy (non-hydrogen) atoms. The molecular formula is C15H18N2O3. The molecule has 0 radical (unpaired) electrons. The minimum absolute atomic E-state index is 0.150. The minimum Gasteiger partial charge on any atom is -0.497 e. The Morgan fingerprint density at radius 2 is 1.95 bits per heavy atom. The predicted octanol–water partition coefficient (Wildman–Crippen LogP) is 1.60. The monoisotopic (exact) mass is 274 g/mol. The normalized spacial score (nSPS) is 12.2. The Morgan fingerprint density at radius 1 is 1.30 bits per heavy atom. The van der Waals surface area contributed by atoms with Gasteiger partial charge in [0.25, 0.3) is 5.56 Å². The third-order valence-corrected chi connectivity index (χ3v) is 3.18. The van der Waals surface area contributed by atoms with E-state index in [4.69, 9.17) is 4.74 Å². The summed E-state index contributed by atoms with van der Waals surface area (Å²) in [7, 11) is 1.59. The van der Waals surface area contributed by atoms with E-state index >= 15 is 0 Å². The molecule has 1 unspecified atom stereocenters. The van der Waals surface area contributed by atoms with Crippen molar-refractivity contribution in [1.29, 1.82) is 0 Å². The van der Waals surface area contributed by atoms with Gasteiger partial charge >= 0.3 is 0 Å². The maximum absolute atomic E-state index is 11.9. The molecular weight excluding hydrogens is 256 g/mol. The Labute approximate surface area is 117 Å². The van der Waals surface area contributed by atoms with Gasteiger partial charge in [0.2, 0.25) is 0 Å². The zero-order valence-corrected chi connectivity index (χ0v) is 11.8. The van der Waals surface area contributed by atoms with Crippen LogP contribution in [0.5, 0.6) is 5.75 Å². The van der Waals surface area contributed by atoms with Crippen LogP contribution in [-0.2, 0) is 6.54 Å².